The molecule has 3 heterocycles. The lowest BCUT2D eigenvalue weighted by molar-refractivity contribution is -0.125. The third-order valence-corrected chi connectivity index (χ3v) is 7.87. The number of piperidine rings is 2. The number of thiazole rings is 1. The molecule has 1 N–H and O–H groups in total. The predicted octanol–water partition coefficient (Wildman–Crippen LogP) is 4.01. The summed E-state index contributed by atoms with van der Waals surface area (Å²) in [6.07, 6.45) is 4.40. The third-order valence-electron chi connectivity index (χ3n) is 6.79. The Kier molecular flexibility index (Phi) is 7.33. The van der Waals surface area contributed by atoms with Gasteiger partial charge in [-0.15, -0.1) is 0 Å². The van der Waals surface area contributed by atoms with Gasteiger partial charge in [-0.2, -0.15) is 0 Å². The number of hydrogen-bond donors (Lipinski definition) is 1. The van der Waals surface area contributed by atoms with Crippen molar-refractivity contribution in [3.8, 4) is 5.75 Å². The van der Waals surface area contributed by atoms with Crippen molar-refractivity contribution < 1.29 is 9.53 Å². The quantitative estimate of drug-likeness (QED) is 0.699. The molecule has 0 bridgehead atoms. The fourth-order valence-corrected chi connectivity index (χ4v) is 5.70. The molecule has 31 heavy (non-hydrogen) atoms. The van der Waals surface area contributed by atoms with Gasteiger partial charge in [-0.3, -0.25) is 4.79 Å². The zero-order valence-electron chi connectivity index (χ0n) is 19.1. The first-order chi connectivity index (χ1) is 15.0. The Morgan fingerprint density at radius 1 is 1.23 bits per heavy atom. The maximum atomic E-state index is 12.7. The topological polar surface area (TPSA) is 57.7 Å². The molecule has 170 valence electrons. The van der Waals surface area contributed by atoms with Crippen LogP contribution in [0.25, 0.3) is 10.2 Å². The number of nitrogens with zero attached hydrogens (tertiary/aromatic N) is 3. The summed E-state index contributed by atoms with van der Waals surface area (Å²) in [5.41, 5.74) is 1.01. The van der Waals surface area contributed by atoms with E-state index < -0.39 is 0 Å². The van der Waals surface area contributed by atoms with Gasteiger partial charge in [0.05, 0.1) is 17.3 Å². The van der Waals surface area contributed by atoms with Crippen molar-refractivity contribution in [3.63, 3.8) is 0 Å². The van der Waals surface area contributed by atoms with E-state index in [9.17, 15) is 4.79 Å². The molecule has 0 radical (unpaired) electrons. The van der Waals surface area contributed by atoms with Crippen molar-refractivity contribution in [2.24, 2.45) is 17.8 Å². The van der Waals surface area contributed by atoms with E-state index in [2.05, 4.69) is 29.0 Å². The summed E-state index contributed by atoms with van der Waals surface area (Å²) in [7, 11) is 1.69. The number of methoxy groups -OCH3 is 1. The van der Waals surface area contributed by atoms with E-state index in [1.165, 1.54) is 25.9 Å². The van der Waals surface area contributed by atoms with E-state index in [0.29, 0.717) is 5.92 Å². The summed E-state index contributed by atoms with van der Waals surface area (Å²) in [6, 6.07) is 6.01. The Hall–Kier alpha value is -1.86. The van der Waals surface area contributed by atoms with E-state index in [4.69, 9.17) is 9.72 Å². The average molecular weight is 445 g/mol. The van der Waals surface area contributed by atoms with Gasteiger partial charge in [-0.05, 0) is 68.8 Å². The van der Waals surface area contributed by atoms with E-state index >= 15 is 0 Å². The van der Waals surface area contributed by atoms with Gasteiger partial charge in [0.2, 0.25) is 5.91 Å². The number of carbonyl (C=O) groups is 1. The van der Waals surface area contributed by atoms with Gasteiger partial charge in [0.25, 0.3) is 0 Å². The highest BCUT2D eigenvalue weighted by Gasteiger charge is 2.27. The molecule has 1 aromatic heterocycles. The van der Waals surface area contributed by atoms with Gasteiger partial charge in [-0.25, -0.2) is 4.98 Å². The average Bonchev–Trinajstić information content (AvgIpc) is 3.22. The lowest BCUT2D eigenvalue weighted by Gasteiger charge is -2.33. The van der Waals surface area contributed by atoms with Crippen LogP contribution in [0.4, 0.5) is 5.13 Å². The first-order valence-corrected chi connectivity index (χ1v) is 12.5. The van der Waals surface area contributed by atoms with Crippen LogP contribution in [0.1, 0.15) is 39.5 Å². The highest BCUT2D eigenvalue weighted by molar-refractivity contribution is 7.22. The Balaban J connectivity index is 1.21. The molecule has 2 aliphatic heterocycles. The number of aromatic nitrogens is 1. The molecule has 4 rings (SSSR count). The minimum absolute atomic E-state index is 0.119. The number of nitrogens with one attached hydrogen (secondary N) is 1. The summed E-state index contributed by atoms with van der Waals surface area (Å²) >= 11 is 1.70. The first-order valence-electron chi connectivity index (χ1n) is 11.7. The minimum Gasteiger partial charge on any atom is -0.497 e. The van der Waals surface area contributed by atoms with E-state index in [-0.39, 0.29) is 11.8 Å². The second-order valence-corrected chi connectivity index (χ2v) is 10.4. The number of anilines is 1. The summed E-state index contributed by atoms with van der Waals surface area (Å²) in [5.74, 6) is 2.57. The maximum Gasteiger partial charge on any atom is 0.223 e. The number of hydrogen-bond acceptors (Lipinski definition) is 6. The number of likely N-dealkylation sites (tertiary alicyclic amines) is 1. The monoisotopic (exact) mass is 444 g/mol. The van der Waals surface area contributed by atoms with Crippen LogP contribution in [-0.4, -0.2) is 62.2 Å². The molecule has 1 atom stereocenters. The molecule has 1 unspecified atom stereocenters. The van der Waals surface area contributed by atoms with E-state index in [0.717, 1.165) is 66.0 Å². The van der Waals surface area contributed by atoms with Crippen LogP contribution < -0.4 is 15.0 Å². The van der Waals surface area contributed by atoms with Crippen molar-refractivity contribution >= 4 is 32.6 Å². The molecule has 7 heteroatoms. The largest absolute Gasteiger partial charge is 0.497 e. The van der Waals surface area contributed by atoms with Gasteiger partial charge in [0.15, 0.2) is 5.13 Å². The molecule has 2 saturated heterocycles. The highest BCUT2D eigenvalue weighted by atomic mass is 32.1. The smallest absolute Gasteiger partial charge is 0.223 e. The number of benzene rings is 1. The van der Waals surface area contributed by atoms with Gasteiger partial charge < -0.3 is 19.9 Å². The Bertz CT molecular complexity index is 870. The standard InChI is InChI=1S/C24H36N4O2S/c1-17-6-10-27(11-7-17)16-18(2)15-25-23(29)19-8-12-28(13-9-19)24-26-21-5-4-20(30-3)14-22(21)31-24/h4-5,14,17-19H,6-13,15-16H2,1-3H3,(H,25,29). The lowest BCUT2D eigenvalue weighted by Crippen LogP contribution is -2.43. The van der Waals surface area contributed by atoms with E-state index in [1.807, 2.05) is 18.2 Å². The second kappa shape index (κ2) is 10.2. The summed E-state index contributed by atoms with van der Waals surface area (Å²) in [5, 5.41) is 4.28. The van der Waals surface area contributed by atoms with Gasteiger partial charge in [-0.1, -0.05) is 25.2 Å². The van der Waals surface area contributed by atoms with Crippen molar-refractivity contribution in [2.75, 3.05) is 51.3 Å². The molecule has 2 fully saturated rings. The second-order valence-electron chi connectivity index (χ2n) is 9.42. The van der Waals surface area contributed by atoms with Crippen LogP contribution >= 0.6 is 11.3 Å². The molecular formula is C24H36N4O2S. The fraction of sp³-hybridized carbons (Fsp3) is 0.667. The van der Waals surface area contributed by atoms with Crippen molar-refractivity contribution in [3.05, 3.63) is 18.2 Å². The summed E-state index contributed by atoms with van der Waals surface area (Å²) in [4.78, 5) is 22.4. The van der Waals surface area contributed by atoms with E-state index in [1.54, 1.807) is 18.4 Å². The Morgan fingerprint density at radius 3 is 2.68 bits per heavy atom. The van der Waals surface area contributed by atoms with Crippen LogP contribution in [0.2, 0.25) is 0 Å². The van der Waals surface area contributed by atoms with Gasteiger partial charge in [0, 0.05) is 32.1 Å². The van der Waals surface area contributed by atoms with Crippen LogP contribution in [0, 0.1) is 17.8 Å². The first kappa shape index (κ1) is 22.3. The summed E-state index contributed by atoms with van der Waals surface area (Å²) in [6.45, 7) is 10.7. The molecule has 6 nitrogen and oxygen atoms in total. The van der Waals surface area contributed by atoms with Crippen LogP contribution in [0.5, 0.6) is 5.75 Å². The number of rotatable bonds is 7. The Labute approximate surface area is 190 Å². The molecular weight excluding hydrogens is 408 g/mol. The number of fused-ring (bicyclic) bond motifs is 1. The number of carbonyl (C=O) groups excluding carboxylic acids is 1. The third kappa shape index (κ3) is 5.69. The van der Waals surface area contributed by atoms with Gasteiger partial charge >= 0.3 is 0 Å². The maximum absolute atomic E-state index is 12.7. The highest BCUT2D eigenvalue weighted by Crippen LogP contribution is 2.33. The van der Waals surface area contributed by atoms with Crippen molar-refractivity contribution in [1.29, 1.82) is 0 Å². The lowest BCUT2D eigenvalue weighted by atomic mass is 9.96. The van der Waals surface area contributed by atoms with Gasteiger partial charge in [0.1, 0.15) is 5.75 Å². The predicted molar refractivity (Wildman–Crippen MR) is 128 cm³/mol. The number of amides is 1. The molecule has 0 aliphatic carbocycles. The Morgan fingerprint density at radius 2 is 1.97 bits per heavy atom. The van der Waals surface area contributed by atoms with Crippen molar-refractivity contribution in [2.45, 2.75) is 39.5 Å². The minimum atomic E-state index is 0.119. The SMILES string of the molecule is COc1ccc2nc(N3CCC(C(=O)NCC(C)CN4CCC(C)CC4)CC3)sc2c1. The zero-order chi connectivity index (χ0) is 21.8. The molecule has 2 aliphatic rings. The molecule has 1 amide bonds. The fourth-order valence-electron chi connectivity index (χ4n) is 4.66. The molecule has 0 saturated carbocycles. The molecule has 1 aromatic carbocycles. The number of ether oxygens (including phenoxy) is 1. The zero-order valence-corrected chi connectivity index (χ0v) is 19.9. The van der Waals surface area contributed by atoms with Crippen LogP contribution in [-0.2, 0) is 4.79 Å². The van der Waals surface area contributed by atoms with Crippen LogP contribution in [0.3, 0.4) is 0 Å². The van der Waals surface area contributed by atoms with Crippen molar-refractivity contribution in [1.82, 2.24) is 15.2 Å². The van der Waals surface area contributed by atoms with Crippen LogP contribution in [0.15, 0.2) is 18.2 Å². The molecule has 0 spiro atoms. The normalized spacial score (nSPS) is 20.2. The molecule has 2 aromatic rings. The summed E-state index contributed by atoms with van der Waals surface area (Å²) < 4.78 is 6.47.